The molecule has 22 heavy (non-hydrogen) atoms. The summed E-state index contributed by atoms with van der Waals surface area (Å²) in [6, 6.07) is 3.23. The van der Waals surface area contributed by atoms with Crippen LogP contribution in [0.15, 0.2) is 17.1 Å². The van der Waals surface area contributed by atoms with Crippen molar-refractivity contribution in [3.05, 3.63) is 57.9 Å². The van der Waals surface area contributed by atoms with Crippen molar-refractivity contribution < 1.29 is 27.1 Å². The molecule has 2 aromatic rings. The summed E-state index contributed by atoms with van der Waals surface area (Å²) in [4.78, 5) is 3.32. The first-order chi connectivity index (χ1) is 10.3. The highest BCUT2D eigenvalue weighted by Crippen LogP contribution is 2.30. The van der Waals surface area contributed by atoms with Gasteiger partial charge in [0.25, 0.3) is 0 Å². The van der Waals surface area contributed by atoms with E-state index in [4.69, 9.17) is 0 Å². The van der Waals surface area contributed by atoms with Crippen LogP contribution in [0.4, 0.5) is 27.6 Å². The van der Waals surface area contributed by atoms with Crippen molar-refractivity contribution in [1.82, 2.24) is 0 Å². The molecule has 116 valence electrons. The molecular formula is C15H10F5NO. The van der Waals surface area contributed by atoms with E-state index in [1.165, 1.54) is 0 Å². The minimum Gasteiger partial charge on any atom is -0.507 e. The highest BCUT2D eigenvalue weighted by atomic mass is 19.2. The molecule has 0 atom stereocenters. The van der Waals surface area contributed by atoms with E-state index in [9.17, 15) is 27.1 Å². The van der Waals surface area contributed by atoms with Crippen molar-refractivity contribution in [3.63, 3.8) is 0 Å². The fraction of sp³-hybridized carbons (Fsp3) is 0.133. The zero-order valence-corrected chi connectivity index (χ0v) is 11.5. The molecule has 0 aliphatic rings. The van der Waals surface area contributed by atoms with Crippen LogP contribution in [-0.2, 0) is 0 Å². The molecule has 0 aliphatic carbocycles. The Labute approximate surface area is 122 Å². The predicted molar refractivity (Wildman–Crippen MR) is 71.1 cm³/mol. The van der Waals surface area contributed by atoms with Gasteiger partial charge in [0.15, 0.2) is 23.3 Å². The van der Waals surface area contributed by atoms with E-state index in [0.29, 0.717) is 11.1 Å². The van der Waals surface area contributed by atoms with Crippen molar-refractivity contribution in [2.24, 2.45) is 4.99 Å². The maximum Gasteiger partial charge on any atom is 0.200 e. The van der Waals surface area contributed by atoms with E-state index in [0.717, 1.165) is 6.21 Å². The Morgan fingerprint density at radius 1 is 0.818 bits per heavy atom. The Morgan fingerprint density at radius 3 is 1.82 bits per heavy atom. The van der Waals surface area contributed by atoms with Crippen molar-refractivity contribution in [3.8, 4) is 5.75 Å². The largest absolute Gasteiger partial charge is 0.507 e. The number of aromatic hydroxyl groups is 1. The topological polar surface area (TPSA) is 32.6 Å². The van der Waals surface area contributed by atoms with Crippen molar-refractivity contribution in [2.45, 2.75) is 13.8 Å². The summed E-state index contributed by atoms with van der Waals surface area (Å²) in [6.07, 6.45) is 0.857. The monoisotopic (exact) mass is 315 g/mol. The molecule has 0 heterocycles. The number of phenols is 1. The smallest absolute Gasteiger partial charge is 0.200 e. The van der Waals surface area contributed by atoms with Gasteiger partial charge in [-0.3, -0.25) is 0 Å². The number of hydrogen-bond acceptors (Lipinski definition) is 2. The Balaban J connectivity index is 2.60. The number of halogens is 5. The lowest BCUT2D eigenvalue weighted by molar-refractivity contribution is 0.381. The van der Waals surface area contributed by atoms with Crippen molar-refractivity contribution >= 4 is 11.9 Å². The molecule has 2 aromatic carbocycles. The summed E-state index contributed by atoms with van der Waals surface area (Å²) in [5.74, 6) is -10.6. The average molecular weight is 315 g/mol. The zero-order valence-electron chi connectivity index (χ0n) is 11.5. The van der Waals surface area contributed by atoms with Crippen molar-refractivity contribution in [2.75, 3.05) is 0 Å². The van der Waals surface area contributed by atoms with E-state index in [1.807, 2.05) is 0 Å². The molecule has 0 amide bonds. The molecule has 2 nitrogen and oxygen atoms in total. The standard InChI is InChI=1S/C15H10F5NO/c1-6-3-4-7(2)15(22)8(6)5-21-14-12(19)10(17)9(16)11(18)13(14)20/h3-5,22H,1-2H3. The molecule has 0 saturated heterocycles. The lowest BCUT2D eigenvalue weighted by Gasteiger charge is -2.07. The molecule has 0 aliphatic heterocycles. The molecule has 0 spiro atoms. The fourth-order valence-electron chi connectivity index (χ4n) is 1.82. The van der Waals surface area contributed by atoms with E-state index in [1.54, 1.807) is 26.0 Å². The summed E-state index contributed by atoms with van der Waals surface area (Å²) in [7, 11) is 0. The molecule has 0 bridgehead atoms. The second kappa shape index (κ2) is 5.75. The average Bonchev–Trinajstić information content (AvgIpc) is 2.50. The second-order valence-electron chi connectivity index (χ2n) is 4.64. The maximum atomic E-state index is 13.5. The van der Waals surface area contributed by atoms with Gasteiger partial charge < -0.3 is 5.11 Å². The summed E-state index contributed by atoms with van der Waals surface area (Å²) in [6.45, 7) is 3.18. The van der Waals surface area contributed by atoms with Gasteiger partial charge in [-0.1, -0.05) is 12.1 Å². The molecular weight excluding hydrogens is 305 g/mol. The van der Waals surface area contributed by atoms with Crippen LogP contribution in [-0.4, -0.2) is 11.3 Å². The quantitative estimate of drug-likeness (QED) is 0.377. The highest BCUT2D eigenvalue weighted by molar-refractivity contribution is 5.87. The number of nitrogens with zero attached hydrogens (tertiary/aromatic N) is 1. The normalized spacial score (nSPS) is 11.4. The third-order valence-corrected chi connectivity index (χ3v) is 3.15. The van der Waals surface area contributed by atoms with Gasteiger partial charge in [-0.25, -0.2) is 26.9 Å². The van der Waals surface area contributed by atoms with Gasteiger partial charge in [-0.05, 0) is 25.0 Å². The summed E-state index contributed by atoms with van der Waals surface area (Å²) >= 11 is 0. The van der Waals surface area contributed by atoms with Crippen molar-refractivity contribution in [1.29, 1.82) is 0 Å². The van der Waals surface area contributed by atoms with E-state index >= 15 is 0 Å². The van der Waals surface area contributed by atoms with Crippen LogP contribution >= 0.6 is 0 Å². The van der Waals surface area contributed by atoms with Crippen LogP contribution in [0.1, 0.15) is 16.7 Å². The number of benzene rings is 2. The van der Waals surface area contributed by atoms with Crippen LogP contribution < -0.4 is 0 Å². The van der Waals surface area contributed by atoms with Gasteiger partial charge in [-0.2, -0.15) is 0 Å². The number of aryl methyl sites for hydroxylation is 2. The van der Waals surface area contributed by atoms with Crippen LogP contribution in [0.2, 0.25) is 0 Å². The molecule has 2 rings (SSSR count). The summed E-state index contributed by atoms with van der Waals surface area (Å²) in [5.41, 5.74) is -0.180. The number of aliphatic imine (C=N–C) groups is 1. The number of rotatable bonds is 2. The second-order valence-corrected chi connectivity index (χ2v) is 4.64. The van der Waals surface area contributed by atoms with Gasteiger partial charge in [0.1, 0.15) is 11.4 Å². The minimum absolute atomic E-state index is 0.129. The Kier molecular flexibility index (Phi) is 4.16. The van der Waals surface area contributed by atoms with Crippen LogP contribution in [0, 0.1) is 42.9 Å². The van der Waals surface area contributed by atoms with E-state index in [2.05, 4.69) is 4.99 Å². The first-order valence-corrected chi connectivity index (χ1v) is 6.10. The van der Waals surface area contributed by atoms with E-state index in [-0.39, 0.29) is 11.3 Å². The highest BCUT2D eigenvalue weighted by Gasteiger charge is 2.25. The van der Waals surface area contributed by atoms with Gasteiger partial charge >= 0.3 is 0 Å². The lowest BCUT2D eigenvalue weighted by Crippen LogP contribution is -2.01. The lowest BCUT2D eigenvalue weighted by atomic mass is 10.0. The summed E-state index contributed by atoms with van der Waals surface area (Å²) in [5, 5.41) is 9.86. The van der Waals surface area contributed by atoms with Crippen LogP contribution in [0.3, 0.4) is 0 Å². The first kappa shape index (κ1) is 15.9. The van der Waals surface area contributed by atoms with Gasteiger partial charge in [0, 0.05) is 11.8 Å². The third-order valence-electron chi connectivity index (χ3n) is 3.15. The number of hydrogen-bond donors (Lipinski definition) is 1. The first-order valence-electron chi connectivity index (χ1n) is 6.10. The zero-order chi connectivity index (χ0) is 16.6. The molecule has 0 aromatic heterocycles. The molecule has 0 radical (unpaired) electrons. The molecule has 0 unspecified atom stereocenters. The molecule has 1 N–H and O–H groups in total. The Morgan fingerprint density at radius 2 is 1.27 bits per heavy atom. The molecule has 7 heteroatoms. The Hall–Kier alpha value is -2.44. The van der Waals surface area contributed by atoms with Crippen LogP contribution in [0.25, 0.3) is 0 Å². The maximum absolute atomic E-state index is 13.5. The van der Waals surface area contributed by atoms with E-state index < -0.39 is 34.8 Å². The predicted octanol–water partition coefficient (Wildman–Crippen LogP) is 4.46. The van der Waals surface area contributed by atoms with Gasteiger partial charge in [0.2, 0.25) is 5.82 Å². The SMILES string of the molecule is Cc1ccc(C)c(C=Nc2c(F)c(F)c(F)c(F)c2F)c1O. The Bertz CT molecular complexity index is 757. The van der Waals surface area contributed by atoms with Gasteiger partial charge in [-0.15, -0.1) is 0 Å². The van der Waals surface area contributed by atoms with Crippen LogP contribution in [0.5, 0.6) is 5.75 Å². The summed E-state index contributed by atoms with van der Waals surface area (Å²) < 4.78 is 66.0. The minimum atomic E-state index is -2.25. The van der Waals surface area contributed by atoms with Gasteiger partial charge in [0.05, 0.1) is 0 Å². The fourth-order valence-corrected chi connectivity index (χ4v) is 1.82. The number of phenolic OH excluding ortho intramolecular Hbond substituents is 1. The molecule has 0 fully saturated rings. The molecule has 0 saturated carbocycles. The third kappa shape index (κ3) is 2.54.